The lowest BCUT2D eigenvalue weighted by Crippen LogP contribution is -2.15. The van der Waals surface area contributed by atoms with Crippen LogP contribution in [0.4, 0.5) is 5.69 Å². The van der Waals surface area contributed by atoms with Gasteiger partial charge in [-0.3, -0.25) is 0 Å². The Bertz CT molecular complexity index is 373. The van der Waals surface area contributed by atoms with Gasteiger partial charge in [0.05, 0.1) is 18.9 Å². The van der Waals surface area contributed by atoms with E-state index in [2.05, 4.69) is 5.32 Å². The van der Waals surface area contributed by atoms with Gasteiger partial charge in [-0.05, 0) is 38.8 Å². The van der Waals surface area contributed by atoms with Crippen molar-refractivity contribution in [2.75, 3.05) is 18.5 Å². The lowest BCUT2D eigenvalue weighted by molar-refractivity contribution is 0.331. The summed E-state index contributed by atoms with van der Waals surface area (Å²) >= 11 is 0. The zero-order valence-electron chi connectivity index (χ0n) is 11.4. The van der Waals surface area contributed by atoms with Crippen molar-refractivity contribution < 1.29 is 9.47 Å². The molecule has 1 N–H and O–H groups in total. The van der Waals surface area contributed by atoms with E-state index in [-0.39, 0.29) is 0 Å². The lowest BCUT2D eigenvalue weighted by Gasteiger charge is -2.18. The minimum Gasteiger partial charge on any atom is -0.494 e. The van der Waals surface area contributed by atoms with E-state index in [1.807, 2.05) is 32.0 Å². The highest BCUT2D eigenvalue weighted by molar-refractivity contribution is 5.60. The van der Waals surface area contributed by atoms with Crippen molar-refractivity contribution in [3.8, 4) is 11.5 Å². The lowest BCUT2D eigenvalue weighted by atomic mass is 10.2. The summed E-state index contributed by atoms with van der Waals surface area (Å²) in [6, 6.07) is 6.59. The number of nitrogens with one attached hydrogen (secondary N) is 1. The molecule has 3 nitrogen and oxygen atoms in total. The van der Waals surface area contributed by atoms with Crippen LogP contribution in [-0.2, 0) is 0 Å². The van der Waals surface area contributed by atoms with Crippen LogP contribution in [0.5, 0.6) is 11.5 Å². The first-order chi connectivity index (χ1) is 8.83. The highest BCUT2D eigenvalue weighted by atomic mass is 16.5. The molecule has 0 radical (unpaired) electrons. The van der Waals surface area contributed by atoms with Gasteiger partial charge in [0, 0.05) is 12.1 Å². The van der Waals surface area contributed by atoms with Crippen LogP contribution in [0.25, 0.3) is 0 Å². The number of ether oxygens (including phenoxy) is 2. The summed E-state index contributed by atoms with van der Waals surface area (Å²) in [7, 11) is 0. The summed E-state index contributed by atoms with van der Waals surface area (Å²) in [5.41, 5.74) is 1.06. The van der Waals surface area contributed by atoms with Crippen LogP contribution < -0.4 is 14.8 Å². The van der Waals surface area contributed by atoms with Gasteiger partial charge < -0.3 is 14.8 Å². The van der Waals surface area contributed by atoms with Gasteiger partial charge in [-0.25, -0.2) is 0 Å². The summed E-state index contributed by atoms with van der Waals surface area (Å²) < 4.78 is 11.2. The maximum atomic E-state index is 5.66. The maximum Gasteiger partial charge on any atom is 0.142 e. The smallest absolute Gasteiger partial charge is 0.142 e. The van der Waals surface area contributed by atoms with E-state index >= 15 is 0 Å². The van der Waals surface area contributed by atoms with Gasteiger partial charge in [0.1, 0.15) is 11.5 Å². The van der Waals surface area contributed by atoms with Crippen molar-refractivity contribution in [3.05, 3.63) is 18.2 Å². The molecule has 0 heterocycles. The number of hydrogen-bond donors (Lipinski definition) is 1. The minimum absolute atomic E-state index is 0.584. The summed E-state index contributed by atoms with van der Waals surface area (Å²) in [5.74, 6) is 1.83. The SMILES string of the molecule is CCOc1ccc(OCC)c(NC2CCCC2)c1. The first-order valence-electron chi connectivity index (χ1n) is 6.99. The van der Waals surface area contributed by atoms with Crippen LogP contribution in [0.15, 0.2) is 18.2 Å². The summed E-state index contributed by atoms with van der Waals surface area (Å²) in [6.45, 7) is 5.39. The summed E-state index contributed by atoms with van der Waals surface area (Å²) in [4.78, 5) is 0. The number of rotatable bonds is 6. The standard InChI is InChI=1S/C15H23NO2/c1-3-17-13-9-10-15(18-4-2)14(11-13)16-12-7-5-6-8-12/h9-12,16H,3-8H2,1-2H3. The Morgan fingerprint density at radius 3 is 2.50 bits per heavy atom. The number of anilines is 1. The van der Waals surface area contributed by atoms with E-state index in [0.717, 1.165) is 17.2 Å². The van der Waals surface area contributed by atoms with Crippen molar-refractivity contribution in [1.29, 1.82) is 0 Å². The Morgan fingerprint density at radius 1 is 1.11 bits per heavy atom. The van der Waals surface area contributed by atoms with Crippen molar-refractivity contribution in [2.24, 2.45) is 0 Å². The molecule has 0 aliphatic heterocycles. The van der Waals surface area contributed by atoms with Crippen LogP contribution in [0.1, 0.15) is 39.5 Å². The highest BCUT2D eigenvalue weighted by Gasteiger charge is 2.16. The molecule has 1 aliphatic rings. The van der Waals surface area contributed by atoms with Gasteiger partial charge in [-0.2, -0.15) is 0 Å². The molecular weight excluding hydrogens is 226 g/mol. The van der Waals surface area contributed by atoms with Gasteiger partial charge in [0.25, 0.3) is 0 Å². The molecule has 1 fully saturated rings. The van der Waals surface area contributed by atoms with E-state index in [9.17, 15) is 0 Å². The molecule has 0 aromatic heterocycles. The monoisotopic (exact) mass is 249 g/mol. The number of benzene rings is 1. The Hall–Kier alpha value is -1.38. The van der Waals surface area contributed by atoms with Gasteiger partial charge in [0.2, 0.25) is 0 Å². The van der Waals surface area contributed by atoms with Crippen molar-refractivity contribution in [2.45, 2.75) is 45.6 Å². The maximum absolute atomic E-state index is 5.66. The Labute approximate surface area is 109 Å². The average Bonchev–Trinajstić information content (AvgIpc) is 2.86. The molecule has 0 atom stereocenters. The third-order valence-electron chi connectivity index (χ3n) is 3.28. The quantitative estimate of drug-likeness (QED) is 0.831. The second-order valence-electron chi connectivity index (χ2n) is 4.65. The normalized spacial score (nSPS) is 15.7. The average molecular weight is 249 g/mol. The molecule has 1 saturated carbocycles. The van der Waals surface area contributed by atoms with Crippen molar-refractivity contribution in [1.82, 2.24) is 0 Å². The largest absolute Gasteiger partial charge is 0.494 e. The van der Waals surface area contributed by atoms with Crippen LogP contribution >= 0.6 is 0 Å². The fourth-order valence-electron chi connectivity index (χ4n) is 2.45. The first kappa shape index (κ1) is 13.1. The predicted octanol–water partition coefficient (Wildman–Crippen LogP) is 3.84. The van der Waals surface area contributed by atoms with Crippen molar-refractivity contribution in [3.63, 3.8) is 0 Å². The molecule has 1 aromatic rings. The van der Waals surface area contributed by atoms with E-state index in [1.165, 1.54) is 25.7 Å². The molecule has 1 aromatic carbocycles. The fraction of sp³-hybridized carbons (Fsp3) is 0.600. The molecule has 0 bridgehead atoms. The molecule has 0 spiro atoms. The molecule has 0 saturated heterocycles. The van der Waals surface area contributed by atoms with Crippen LogP contribution in [0, 0.1) is 0 Å². The topological polar surface area (TPSA) is 30.5 Å². The second kappa shape index (κ2) is 6.53. The number of hydrogen-bond acceptors (Lipinski definition) is 3. The highest BCUT2D eigenvalue weighted by Crippen LogP contribution is 2.32. The fourth-order valence-corrected chi connectivity index (χ4v) is 2.45. The minimum atomic E-state index is 0.584. The van der Waals surface area contributed by atoms with Gasteiger partial charge in [-0.15, -0.1) is 0 Å². The van der Waals surface area contributed by atoms with Gasteiger partial charge >= 0.3 is 0 Å². The van der Waals surface area contributed by atoms with E-state index < -0.39 is 0 Å². The molecule has 18 heavy (non-hydrogen) atoms. The Morgan fingerprint density at radius 2 is 1.83 bits per heavy atom. The van der Waals surface area contributed by atoms with E-state index in [0.29, 0.717) is 19.3 Å². The molecule has 2 rings (SSSR count). The molecule has 3 heteroatoms. The molecule has 1 aliphatic carbocycles. The van der Waals surface area contributed by atoms with E-state index in [4.69, 9.17) is 9.47 Å². The second-order valence-corrected chi connectivity index (χ2v) is 4.65. The zero-order chi connectivity index (χ0) is 12.8. The van der Waals surface area contributed by atoms with E-state index in [1.54, 1.807) is 0 Å². The zero-order valence-corrected chi connectivity index (χ0v) is 11.4. The Kier molecular flexibility index (Phi) is 4.73. The summed E-state index contributed by atoms with van der Waals surface area (Å²) in [6.07, 6.45) is 5.16. The third-order valence-corrected chi connectivity index (χ3v) is 3.28. The van der Waals surface area contributed by atoms with Gasteiger partial charge in [0.15, 0.2) is 0 Å². The third kappa shape index (κ3) is 3.31. The molecule has 100 valence electrons. The van der Waals surface area contributed by atoms with Crippen LogP contribution in [0.2, 0.25) is 0 Å². The molecule has 0 amide bonds. The predicted molar refractivity (Wildman–Crippen MR) is 74.7 cm³/mol. The molecular formula is C15H23NO2. The van der Waals surface area contributed by atoms with Crippen LogP contribution in [0.3, 0.4) is 0 Å². The van der Waals surface area contributed by atoms with Gasteiger partial charge in [-0.1, -0.05) is 12.8 Å². The first-order valence-corrected chi connectivity index (χ1v) is 6.99. The molecule has 0 unspecified atom stereocenters. The summed E-state index contributed by atoms with van der Waals surface area (Å²) in [5, 5.41) is 3.59. The van der Waals surface area contributed by atoms with Crippen molar-refractivity contribution >= 4 is 5.69 Å². The van der Waals surface area contributed by atoms with Crippen LogP contribution in [-0.4, -0.2) is 19.3 Å². The Balaban J connectivity index is 2.13.